The predicted octanol–water partition coefficient (Wildman–Crippen LogP) is 1.40. The Balaban J connectivity index is 1.92. The Hall–Kier alpha value is -2.37. The molecule has 0 aliphatic carbocycles. The second-order valence-corrected chi connectivity index (χ2v) is 5.59. The molecule has 1 aliphatic heterocycles. The molecule has 0 radical (unpaired) electrons. The minimum absolute atomic E-state index is 0.110. The van der Waals surface area contributed by atoms with E-state index in [0.717, 1.165) is 18.5 Å². The molecule has 0 aromatic heterocycles. The van der Waals surface area contributed by atoms with Gasteiger partial charge in [-0.25, -0.2) is 0 Å². The van der Waals surface area contributed by atoms with Gasteiger partial charge in [-0.1, -0.05) is 12.1 Å². The second-order valence-electron chi connectivity index (χ2n) is 5.59. The normalized spacial score (nSPS) is 15.7. The van der Waals surface area contributed by atoms with E-state index in [9.17, 15) is 14.4 Å². The van der Waals surface area contributed by atoms with E-state index >= 15 is 0 Å². The van der Waals surface area contributed by atoms with Crippen molar-refractivity contribution >= 4 is 17.8 Å². The average Bonchev–Trinajstić information content (AvgIpc) is 2.84. The summed E-state index contributed by atoms with van der Waals surface area (Å²) >= 11 is 0. The number of benzene rings is 1. The number of carboxylic acids is 1. The molecule has 22 heavy (non-hydrogen) atoms. The average molecular weight is 304 g/mol. The number of aliphatic carboxylic acids is 1. The lowest BCUT2D eigenvalue weighted by molar-refractivity contribution is -0.137. The first-order chi connectivity index (χ1) is 10.5. The van der Waals surface area contributed by atoms with Crippen LogP contribution in [0.3, 0.4) is 0 Å². The number of carbonyl (C=O) groups is 3. The summed E-state index contributed by atoms with van der Waals surface area (Å²) in [7, 11) is 0. The zero-order chi connectivity index (χ0) is 16.1. The molecule has 1 aliphatic rings. The number of likely N-dealkylation sites (tertiary alicyclic amines) is 1. The van der Waals surface area contributed by atoms with Crippen molar-refractivity contribution in [1.82, 2.24) is 10.2 Å². The number of carboxylic acid groups (broad SMARTS) is 1. The van der Waals surface area contributed by atoms with E-state index in [2.05, 4.69) is 5.32 Å². The van der Waals surface area contributed by atoms with Gasteiger partial charge in [0.1, 0.15) is 0 Å². The lowest BCUT2D eigenvalue weighted by atomic mass is 10.1. The summed E-state index contributed by atoms with van der Waals surface area (Å²) in [6, 6.07) is 6.61. The Bertz CT molecular complexity index is 568. The Morgan fingerprint density at radius 3 is 2.55 bits per heavy atom. The van der Waals surface area contributed by atoms with Gasteiger partial charge in [-0.2, -0.15) is 0 Å². The molecule has 1 heterocycles. The van der Waals surface area contributed by atoms with Crippen LogP contribution in [0.5, 0.6) is 0 Å². The molecule has 1 atom stereocenters. The molecule has 6 nitrogen and oxygen atoms in total. The summed E-state index contributed by atoms with van der Waals surface area (Å²) in [6.07, 6.45) is 1.41. The fraction of sp³-hybridized carbons (Fsp3) is 0.438. The molecular weight excluding hydrogens is 284 g/mol. The molecule has 1 fully saturated rings. The molecule has 118 valence electrons. The van der Waals surface area contributed by atoms with Gasteiger partial charge >= 0.3 is 5.97 Å². The molecule has 0 saturated carbocycles. The van der Waals surface area contributed by atoms with Gasteiger partial charge < -0.3 is 15.3 Å². The first kappa shape index (κ1) is 16.0. The number of nitrogens with zero attached hydrogens (tertiary/aromatic N) is 1. The van der Waals surface area contributed by atoms with Gasteiger partial charge in [0.15, 0.2) is 0 Å². The van der Waals surface area contributed by atoms with Gasteiger partial charge in [0.25, 0.3) is 5.91 Å². The smallest absolute Gasteiger partial charge is 0.305 e. The summed E-state index contributed by atoms with van der Waals surface area (Å²) in [4.78, 5) is 35.9. The predicted molar refractivity (Wildman–Crippen MR) is 80.3 cm³/mol. The van der Waals surface area contributed by atoms with Crippen LogP contribution >= 0.6 is 0 Å². The molecule has 1 unspecified atom stereocenters. The van der Waals surface area contributed by atoms with Gasteiger partial charge in [-0.15, -0.1) is 0 Å². The quantitative estimate of drug-likeness (QED) is 0.831. The second kappa shape index (κ2) is 7.06. The Morgan fingerprint density at radius 2 is 2.00 bits per heavy atom. The maximum absolute atomic E-state index is 12.0. The first-order valence-electron chi connectivity index (χ1n) is 7.35. The first-order valence-corrected chi connectivity index (χ1v) is 7.35. The number of carbonyl (C=O) groups excluding carboxylic acids is 2. The largest absolute Gasteiger partial charge is 0.481 e. The Morgan fingerprint density at radius 1 is 1.32 bits per heavy atom. The van der Waals surface area contributed by atoms with Crippen molar-refractivity contribution in [2.24, 2.45) is 0 Å². The Labute approximate surface area is 129 Å². The van der Waals surface area contributed by atoms with Crippen molar-refractivity contribution in [3.63, 3.8) is 0 Å². The van der Waals surface area contributed by atoms with Crippen molar-refractivity contribution < 1.29 is 19.5 Å². The van der Waals surface area contributed by atoms with Crippen molar-refractivity contribution in [3.8, 4) is 0 Å². The van der Waals surface area contributed by atoms with Gasteiger partial charge in [0.2, 0.25) is 5.91 Å². The zero-order valence-corrected chi connectivity index (χ0v) is 12.5. The van der Waals surface area contributed by atoms with E-state index < -0.39 is 12.0 Å². The van der Waals surface area contributed by atoms with Crippen LogP contribution < -0.4 is 5.32 Å². The SMILES string of the molecule is CC(CC(=O)O)NC(=O)c1ccc(CN2CCCC2=O)cc1. The molecule has 1 saturated heterocycles. The van der Waals surface area contributed by atoms with E-state index in [0.29, 0.717) is 18.5 Å². The van der Waals surface area contributed by atoms with E-state index in [1.165, 1.54) is 0 Å². The molecule has 2 rings (SSSR count). The number of nitrogens with one attached hydrogen (secondary N) is 1. The van der Waals surface area contributed by atoms with Crippen molar-refractivity contribution in [1.29, 1.82) is 0 Å². The highest BCUT2D eigenvalue weighted by molar-refractivity contribution is 5.94. The molecule has 0 spiro atoms. The third-order valence-electron chi connectivity index (χ3n) is 3.62. The molecule has 1 aromatic carbocycles. The zero-order valence-electron chi connectivity index (χ0n) is 12.5. The van der Waals surface area contributed by atoms with Crippen LogP contribution in [0.1, 0.15) is 42.1 Å². The monoisotopic (exact) mass is 304 g/mol. The standard InChI is InChI=1S/C16H20N2O4/c1-11(9-15(20)21)17-16(22)13-6-4-12(5-7-13)10-18-8-2-3-14(18)19/h4-7,11H,2-3,8-10H2,1H3,(H,17,22)(H,20,21). The highest BCUT2D eigenvalue weighted by Crippen LogP contribution is 2.14. The highest BCUT2D eigenvalue weighted by atomic mass is 16.4. The molecule has 2 amide bonds. The summed E-state index contributed by atoms with van der Waals surface area (Å²) in [5, 5.41) is 11.3. The minimum Gasteiger partial charge on any atom is -0.481 e. The number of rotatable bonds is 6. The van der Waals surface area contributed by atoms with E-state index in [-0.39, 0.29) is 18.2 Å². The highest BCUT2D eigenvalue weighted by Gasteiger charge is 2.20. The van der Waals surface area contributed by atoms with Crippen LogP contribution in [0.4, 0.5) is 0 Å². The summed E-state index contributed by atoms with van der Waals surface area (Å²) in [5.41, 5.74) is 1.46. The number of hydrogen-bond acceptors (Lipinski definition) is 3. The van der Waals surface area contributed by atoms with Crippen LogP contribution in [0.15, 0.2) is 24.3 Å². The summed E-state index contributed by atoms with van der Waals surface area (Å²) in [5.74, 6) is -1.07. The van der Waals surface area contributed by atoms with Gasteiger partial charge in [0, 0.05) is 31.1 Å². The van der Waals surface area contributed by atoms with Crippen molar-refractivity contribution in [2.75, 3.05) is 6.54 Å². The number of hydrogen-bond donors (Lipinski definition) is 2. The fourth-order valence-electron chi connectivity index (χ4n) is 2.47. The lowest BCUT2D eigenvalue weighted by Gasteiger charge is -2.16. The van der Waals surface area contributed by atoms with Gasteiger partial charge in [-0.05, 0) is 31.0 Å². The summed E-state index contributed by atoms with van der Waals surface area (Å²) in [6.45, 7) is 3.00. The fourth-order valence-corrected chi connectivity index (χ4v) is 2.47. The van der Waals surface area contributed by atoms with Crippen molar-refractivity contribution in [2.45, 2.75) is 38.8 Å². The maximum atomic E-state index is 12.0. The molecule has 6 heteroatoms. The third-order valence-corrected chi connectivity index (χ3v) is 3.62. The van der Waals surface area contributed by atoms with Crippen molar-refractivity contribution in [3.05, 3.63) is 35.4 Å². The summed E-state index contributed by atoms with van der Waals surface area (Å²) < 4.78 is 0. The molecule has 1 aromatic rings. The lowest BCUT2D eigenvalue weighted by Crippen LogP contribution is -2.34. The van der Waals surface area contributed by atoms with E-state index in [1.807, 2.05) is 17.0 Å². The van der Waals surface area contributed by atoms with Gasteiger partial charge in [0.05, 0.1) is 6.42 Å². The minimum atomic E-state index is -0.946. The Kier molecular flexibility index (Phi) is 5.14. The van der Waals surface area contributed by atoms with Crippen LogP contribution in [0.2, 0.25) is 0 Å². The topological polar surface area (TPSA) is 86.7 Å². The molecule has 0 bridgehead atoms. The van der Waals surface area contributed by atoms with Crippen LogP contribution in [0.25, 0.3) is 0 Å². The third kappa shape index (κ3) is 4.31. The number of amides is 2. The maximum Gasteiger partial charge on any atom is 0.305 e. The van der Waals surface area contributed by atoms with E-state index in [1.54, 1.807) is 19.1 Å². The van der Waals surface area contributed by atoms with Crippen LogP contribution in [-0.2, 0) is 16.1 Å². The van der Waals surface area contributed by atoms with Crippen LogP contribution in [-0.4, -0.2) is 40.4 Å². The van der Waals surface area contributed by atoms with E-state index in [4.69, 9.17) is 5.11 Å². The van der Waals surface area contributed by atoms with Gasteiger partial charge in [-0.3, -0.25) is 14.4 Å². The molecular formula is C16H20N2O4. The molecule has 2 N–H and O–H groups in total. The van der Waals surface area contributed by atoms with Crippen LogP contribution in [0, 0.1) is 0 Å².